The Morgan fingerprint density at radius 1 is 1.24 bits per heavy atom. The Kier molecular flexibility index (Phi) is 3.71. The van der Waals surface area contributed by atoms with Gasteiger partial charge in [0.2, 0.25) is 0 Å². The number of rotatable bonds is 4. The van der Waals surface area contributed by atoms with Gasteiger partial charge in [-0.05, 0) is 30.4 Å². The Bertz CT molecular complexity index is 745. The highest BCUT2D eigenvalue weighted by molar-refractivity contribution is 7.05. The van der Waals surface area contributed by atoms with E-state index < -0.39 is 0 Å². The van der Waals surface area contributed by atoms with Gasteiger partial charge in [0, 0.05) is 17.5 Å². The monoisotopic (exact) mass is 301 g/mol. The van der Waals surface area contributed by atoms with Gasteiger partial charge in [-0.3, -0.25) is 0 Å². The molecule has 3 rings (SSSR count). The minimum absolute atomic E-state index is 0.183. The summed E-state index contributed by atoms with van der Waals surface area (Å²) in [6.45, 7) is 8.52. The number of hydrogen-bond acceptors (Lipinski definition) is 5. The van der Waals surface area contributed by atoms with Crippen LogP contribution in [0, 0.1) is 0 Å². The summed E-state index contributed by atoms with van der Waals surface area (Å²) in [4.78, 5) is 15.1. The van der Waals surface area contributed by atoms with Crippen molar-refractivity contribution in [3.8, 4) is 0 Å². The van der Waals surface area contributed by atoms with Crippen LogP contribution in [-0.4, -0.2) is 23.9 Å². The van der Waals surface area contributed by atoms with Gasteiger partial charge in [0.15, 0.2) is 5.65 Å². The third-order valence-electron chi connectivity index (χ3n) is 3.64. The van der Waals surface area contributed by atoms with Crippen molar-refractivity contribution in [1.82, 2.24) is 23.9 Å². The first-order valence-corrected chi connectivity index (χ1v) is 8.03. The molecule has 5 nitrogen and oxygen atoms in total. The lowest BCUT2D eigenvalue weighted by molar-refractivity contribution is 0.661. The Morgan fingerprint density at radius 3 is 2.67 bits per heavy atom. The van der Waals surface area contributed by atoms with Crippen LogP contribution in [0.25, 0.3) is 11.2 Å². The standard InChI is InChI=1S/C15H19N5S/c1-5-12-18-13(9(2)3)14-15(19-12)20(8-16-14)10(4)11-6-7-17-21-11/h6-10H,5H2,1-4H3. The molecule has 0 spiro atoms. The lowest BCUT2D eigenvalue weighted by Gasteiger charge is -2.13. The summed E-state index contributed by atoms with van der Waals surface area (Å²) in [6, 6.07) is 2.23. The molecule has 110 valence electrons. The van der Waals surface area contributed by atoms with Crippen LogP contribution in [0.4, 0.5) is 0 Å². The number of nitrogens with zero attached hydrogens (tertiary/aromatic N) is 5. The maximum atomic E-state index is 4.70. The van der Waals surface area contributed by atoms with Crippen molar-refractivity contribution >= 4 is 22.7 Å². The molecule has 1 atom stereocenters. The molecule has 0 aromatic carbocycles. The summed E-state index contributed by atoms with van der Waals surface area (Å²) in [7, 11) is 0. The van der Waals surface area contributed by atoms with Crippen LogP contribution in [0.15, 0.2) is 18.6 Å². The normalized spacial score (nSPS) is 13.2. The third-order valence-corrected chi connectivity index (χ3v) is 4.56. The van der Waals surface area contributed by atoms with Crippen molar-refractivity contribution in [1.29, 1.82) is 0 Å². The molecular formula is C15H19N5S. The Labute approximate surface area is 128 Å². The molecule has 0 fully saturated rings. The SMILES string of the molecule is CCc1nc(C(C)C)c2ncn(C(C)c3ccns3)c2n1. The summed E-state index contributed by atoms with van der Waals surface area (Å²) in [5.41, 5.74) is 2.87. The quantitative estimate of drug-likeness (QED) is 0.739. The zero-order valence-electron chi connectivity index (χ0n) is 12.7. The fourth-order valence-corrected chi connectivity index (χ4v) is 3.04. The Hall–Kier alpha value is -1.82. The second-order valence-electron chi connectivity index (χ2n) is 5.45. The van der Waals surface area contributed by atoms with Crippen LogP contribution in [-0.2, 0) is 6.42 Å². The van der Waals surface area contributed by atoms with E-state index in [1.165, 1.54) is 16.4 Å². The summed E-state index contributed by atoms with van der Waals surface area (Å²) < 4.78 is 6.31. The first-order chi connectivity index (χ1) is 10.1. The minimum atomic E-state index is 0.183. The zero-order chi connectivity index (χ0) is 15.0. The predicted molar refractivity (Wildman–Crippen MR) is 84.7 cm³/mol. The maximum absolute atomic E-state index is 4.70. The van der Waals surface area contributed by atoms with E-state index in [9.17, 15) is 0 Å². The van der Waals surface area contributed by atoms with Crippen LogP contribution in [0.3, 0.4) is 0 Å². The lowest BCUT2D eigenvalue weighted by atomic mass is 10.1. The molecule has 0 aliphatic carbocycles. The molecule has 0 aliphatic heterocycles. The summed E-state index contributed by atoms with van der Waals surface area (Å²) in [5.74, 6) is 1.22. The smallest absolute Gasteiger partial charge is 0.164 e. The van der Waals surface area contributed by atoms with Crippen molar-refractivity contribution in [2.24, 2.45) is 0 Å². The number of aryl methyl sites for hydroxylation is 1. The molecular weight excluding hydrogens is 282 g/mol. The van der Waals surface area contributed by atoms with Crippen molar-refractivity contribution in [3.05, 3.63) is 35.0 Å². The van der Waals surface area contributed by atoms with E-state index in [0.717, 1.165) is 29.1 Å². The zero-order valence-corrected chi connectivity index (χ0v) is 13.6. The Balaban J connectivity index is 2.19. The van der Waals surface area contributed by atoms with Crippen molar-refractivity contribution < 1.29 is 0 Å². The second-order valence-corrected chi connectivity index (χ2v) is 6.31. The van der Waals surface area contributed by atoms with Crippen LogP contribution in [0.5, 0.6) is 0 Å². The third kappa shape index (κ3) is 2.44. The van der Waals surface area contributed by atoms with Gasteiger partial charge in [-0.2, -0.15) is 0 Å². The van der Waals surface area contributed by atoms with Gasteiger partial charge in [0.05, 0.1) is 18.1 Å². The van der Waals surface area contributed by atoms with E-state index in [0.29, 0.717) is 5.92 Å². The summed E-state index contributed by atoms with van der Waals surface area (Å²) >= 11 is 1.52. The van der Waals surface area contributed by atoms with E-state index in [2.05, 4.69) is 46.6 Å². The fraction of sp³-hybridized carbons (Fsp3) is 0.467. The van der Waals surface area contributed by atoms with Gasteiger partial charge >= 0.3 is 0 Å². The molecule has 0 amide bonds. The number of hydrogen-bond donors (Lipinski definition) is 0. The van der Waals surface area contributed by atoms with E-state index in [4.69, 9.17) is 4.98 Å². The number of fused-ring (bicyclic) bond motifs is 1. The highest BCUT2D eigenvalue weighted by Gasteiger charge is 2.19. The van der Waals surface area contributed by atoms with E-state index in [1.807, 2.05) is 18.6 Å². The van der Waals surface area contributed by atoms with Crippen molar-refractivity contribution in [3.63, 3.8) is 0 Å². The van der Waals surface area contributed by atoms with Gasteiger partial charge < -0.3 is 4.57 Å². The average molecular weight is 301 g/mol. The van der Waals surface area contributed by atoms with Crippen LogP contribution < -0.4 is 0 Å². The van der Waals surface area contributed by atoms with E-state index in [1.54, 1.807) is 0 Å². The first-order valence-electron chi connectivity index (χ1n) is 7.25. The number of aromatic nitrogens is 5. The van der Waals surface area contributed by atoms with Crippen LogP contribution in [0.2, 0.25) is 0 Å². The van der Waals surface area contributed by atoms with Gasteiger partial charge in [-0.1, -0.05) is 20.8 Å². The van der Waals surface area contributed by atoms with Gasteiger partial charge in [0.25, 0.3) is 0 Å². The van der Waals surface area contributed by atoms with Gasteiger partial charge in [-0.15, -0.1) is 0 Å². The molecule has 3 aromatic heterocycles. The molecule has 0 saturated heterocycles. The first kappa shape index (κ1) is 14.1. The number of imidazole rings is 1. The highest BCUT2D eigenvalue weighted by Crippen LogP contribution is 2.27. The van der Waals surface area contributed by atoms with Crippen LogP contribution >= 0.6 is 11.5 Å². The molecule has 0 aliphatic rings. The Morgan fingerprint density at radius 2 is 2.05 bits per heavy atom. The van der Waals surface area contributed by atoms with Crippen molar-refractivity contribution in [2.45, 2.75) is 46.1 Å². The molecule has 3 aromatic rings. The predicted octanol–water partition coefficient (Wildman–Crippen LogP) is 3.58. The van der Waals surface area contributed by atoms with E-state index in [-0.39, 0.29) is 6.04 Å². The van der Waals surface area contributed by atoms with Crippen molar-refractivity contribution in [2.75, 3.05) is 0 Å². The summed E-state index contributed by atoms with van der Waals surface area (Å²) in [6.07, 6.45) is 4.53. The van der Waals surface area contributed by atoms with Gasteiger partial charge in [-0.25, -0.2) is 19.3 Å². The van der Waals surface area contributed by atoms with E-state index >= 15 is 0 Å². The topological polar surface area (TPSA) is 56.5 Å². The van der Waals surface area contributed by atoms with Gasteiger partial charge in [0.1, 0.15) is 11.3 Å². The molecule has 0 N–H and O–H groups in total. The van der Waals surface area contributed by atoms with Crippen LogP contribution in [0.1, 0.15) is 56.1 Å². The average Bonchev–Trinajstić information content (AvgIpc) is 3.14. The largest absolute Gasteiger partial charge is 0.307 e. The molecule has 0 radical (unpaired) electrons. The minimum Gasteiger partial charge on any atom is -0.307 e. The molecule has 3 heterocycles. The molecule has 1 unspecified atom stereocenters. The molecule has 6 heteroatoms. The molecule has 21 heavy (non-hydrogen) atoms. The molecule has 0 bridgehead atoms. The fourth-order valence-electron chi connectivity index (χ4n) is 2.41. The summed E-state index contributed by atoms with van der Waals surface area (Å²) in [5, 5.41) is 0. The highest BCUT2D eigenvalue weighted by atomic mass is 32.1. The molecule has 0 saturated carbocycles. The second kappa shape index (κ2) is 5.52. The lowest BCUT2D eigenvalue weighted by Crippen LogP contribution is -2.08. The maximum Gasteiger partial charge on any atom is 0.164 e.